The van der Waals surface area contributed by atoms with Crippen molar-refractivity contribution in [2.24, 2.45) is 0 Å². The molecule has 3 rings (SSSR count). The van der Waals surface area contributed by atoms with Gasteiger partial charge in [-0.05, 0) is 50.6 Å². The van der Waals surface area contributed by atoms with Crippen molar-refractivity contribution in [1.29, 1.82) is 0 Å². The van der Waals surface area contributed by atoms with E-state index in [1.807, 2.05) is 20.2 Å². The predicted molar refractivity (Wildman–Crippen MR) is 84.2 cm³/mol. The lowest BCUT2D eigenvalue weighted by atomic mass is 10.0. The Morgan fingerprint density at radius 3 is 2.86 bits per heavy atom. The van der Waals surface area contributed by atoms with Gasteiger partial charge < -0.3 is 5.32 Å². The number of likely N-dealkylation sites (N-methyl/N-ethyl adjacent to an activating group) is 1. The number of hydrogen-bond acceptors (Lipinski definition) is 3. The van der Waals surface area contributed by atoms with Gasteiger partial charge in [-0.1, -0.05) is 12.8 Å². The van der Waals surface area contributed by atoms with E-state index in [-0.39, 0.29) is 0 Å². The molecule has 1 fully saturated rings. The van der Waals surface area contributed by atoms with Gasteiger partial charge in [0.2, 0.25) is 0 Å². The molecule has 1 aliphatic carbocycles. The molecular formula is C17H24N4. The van der Waals surface area contributed by atoms with Gasteiger partial charge >= 0.3 is 0 Å². The van der Waals surface area contributed by atoms with Crippen molar-refractivity contribution in [3.05, 3.63) is 47.5 Å². The van der Waals surface area contributed by atoms with E-state index in [4.69, 9.17) is 5.10 Å². The highest BCUT2D eigenvalue weighted by Crippen LogP contribution is 2.29. The van der Waals surface area contributed by atoms with Crippen molar-refractivity contribution in [3.8, 4) is 0 Å². The van der Waals surface area contributed by atoms with Crippen LogP contribution in [0.25, 0.3) is 0 Å². The maximum absolute atomic E-state index is 4.79. The summed E-state index contributed by atoms with van der Waals surface area (Å²) in [5.41, 5.74) is 3.50. The van der Waals surface area contributed by atoms with E-state index in [9.17, 15) is 0 Å². The SMILES string of the molecule is CNC(Cc1ccn(C2CCCC2)n1)c1ccnc(C)c1. The highest BCUT2D eigenvalue weighted by molar-refractivity contribution is 5.21. The molecule has 2 aromatic heterocycles. The van der Waals surface area contributed by atoms with Crippen LogP contribution in [0.1, 0.15) is 54.7 Å². The van der Waals surface area contributed by atoms with Gasteiger partial charge in [0, 0.05) is 30.6 Å². The van der Waals surface area contributed by atoms with Gasteiger partial charge in [-0.25, -0.2) is 0 Å². The fourth-order valence-corrected chi connectivity index (χ4v) is 3.24. The molecule has 0 spiro atoms. The van der Waals surface area contributed by atoms with Crippen molar-refractivity contribution in [2.45, 2.75) is 51.1 Å². The van der Waals surface area contributed by atoms with Crippen LogP contribution in [0.4, 0.5) is 0 Å². The van der Waals surface area contributed by atoms with Crippen LogP contribution in [0.15, 0.2) is 30.6 Å². The van der Waals surface area contributed by atoms with Gasteiger partial charge in [-0.2, -0.15) is 5.10 Å². The topological polar surface area (TPSA) is 42.7 Å². The quantitative estimate of drug-likeness (QED) is 0.917. The summed E-state index contributed by atoms with van der Waals surface area (Å²) in [6, 6.07) is 7.31. The lowest BCUT2D eigenvalue weighted by molar-refractivity contribution is 0.459. The zero-order valence-electron chi connectivity index (χ0n) is 12.9. The molecule has 0 saturated heterocycles. The molecule has 0 aromatic carbocycles. The third-order valence-corrected chi connectivity index (χ3v) is 4.45. The molecule has 1 aliphatic rings. The van der Waals surface area contributed by atoms with Crippen molar-refractivity contribution in [1.82, 2.24) is 20.1 Å². The lowest BCUT2D eigenvalue weighted by Crippen LogP contribution is -2.19. The average Bonchev–Trinajstić information content (AvgIpc) is 3.15. The van der Waals surface area contributed by atoms with E-state index >= 15 is 0 Å². The fraction of sp³-hybridized carbons (Fsp3) is 0.529. The van der Waals surface area contributed by atoms with Crippen LogP contribution in [0.5, 0.6) is 0 Å². The minimum atomic E-state index is 0.290. The van der Waals surface area contributed by atoms with E-state index in [2.05, 4.69) is 39.4 Å². The number of pyridine rings is 1. The lowest BCUT2D eigenvalue weighted by Gasteiger charge is -2.16. The number of nitrogens with zero attached hydrogens (tertiary/aromatic N) is 3. The summed E-state index contributed by atoms with van der Waals surface area (Å²) in [5, 5.41) is 8.18. The normalized spacial score (nSPS) is 17.2. The van der Waals surface area contributed by atoms with Crippen molar-refractivity contribution >= 4 is 0 Å². The maximum Gasteiger partial charge on any atom is 0.0643 e. The second-order valence-corrected chi connectivity index (χ2v) is 6.00. The Labute approximate surface area is 126 Å². The largest absolute Gasteiger partial charge is 0.313 e. The summed E-state index contributed by atoms with van der Waals surface area (Å²) in [4.78, 5) is 4.27. The van der Waals surface area contributed by atoms with Crippen LogP contribution in [0, 0.1) is 6.92 Å². The second-order valence-electron chi connectivity index (χ2n) is 6.00. The highest BCUT2D eigenvalue weighted by Gasteiger charge is 2.18. The third kappa shape index (κ3) is 3.32. The van der Waals surface area contributed by atoms with Crippen LogP contribution < -0.4 is 5.32 Å². The van der Waals surface area contributed by atoms with E-state index in [1.165, 1.54) is 31.2 Å². The average molecular weight is 284 g/mol. The molecule has 1 saturated carbocycles. The first-order chi connectivity index (χ1) is 10.3. The molecule has 1 atom stereocenters. The van der Waals surface area contributed by atoms with E-state index in [0.29, 0.717) is 12.1 Å². The Balaban J connectivity index is 1.72. The van der Waals surface area contributed by atoms with Gasteiger partial charge in [0.25, 0.3) is 0 Å². The van der Waals surface area contributed by atoms with E-state index in [1.54, 1.807) is 0 Å². The summed E-state index contributed by atoms with van der Waals surface area (Å²) in [7, 11) is 2.01. The molecule has 4 heteroatoms. The van der Waals surface area contributed by atoms with Gasteiger partial charge in [0.15, 0.2) is 0 Å². The van der Waals surface area contributed by atoms with Crippen LogP contribution in [0.2, 0.25) is 0 Å². The molecule has 112 valence electrons. The maximum atomic E-state index is 4.79. The molecule has 21 heavy (non-hydrogen) atoms. The second kappa shape index (κ2) is 6.39. The minimum absolute atomic E-state index is 0.290. The van der Waals surface area contributed by atoms with Crippen molar-refractivity contribution < 1.29 is 0 Å². The molecule has 0 aliphatic heterocycles. The van der Waals surface area contributed by atoms with Crippen molar-refractivity contribution in [3.63, 3.8) is 0 Å². The summed E-state index contributed by atoms with van der Waals surface area (Å²) < 4.78 is 2.17. The standard InChI is InChI=1S/C17H24N4/c1-13-11-14(7-9-19-13)17(18-2)12-15-8-10-21(20-15)16-5-3-4-6-16/h7-11,16-18H,3-6,12H2,1-2H3. The van der Waals surface area contributed by atoms with Crippen LogP contribution in [-0.2, 0) is 6.42 Å². The number of aromatic nitrogens is 3. The zero-order chi connectivity index (χ0) is 14.7. The zero-order valence-corrected chi connectivity index (χ0v) is 12.9. The van der Waals surface area contributed by atoms with Crippen LogP contribution in [0.3, 0.4) is 0 Å². The summed E-state index contributed by atoms with van der Waals surface area (Å²) in [6.07, 6.45) is 10.2. The monoisotopic (exact) mass is 284 g/mol. The number of nitrogens with one attached hydrogen (secondary N) is 1. The first-order valence-electron chi connectivity index (χ1n) is 7.90. The highest BCUT2D eigenvalue weighted by atomic mass is 15.3. The smallest absolute Gasteiger partial charge is 0.0643 e. The molecule has 1 unspecified atom stereocenters. The van der Waals surface area contributed by atoms with Gasteiger partial charge in [0.1, 0.15) is 0 Å². The Morgan fingerprint density at radius 2 is 2.14 bits per heavy atom. The van der Waals surface area contributed by atoms with E-state index in [0.717, 1.165) is 17.8 Å². The molecule has 1 N–H and O–H groups in total. The summed E-state index contributed by atoms with van der Waals surface area (Å²) >= 11 is 0. The van der Waals surface area contributed by atoms with Crippen LogP contribution in [-0.4, -0.2) is 21.8 Å². The molecule has 0 bridgehead atoms. The number of hydrogen-bond donors (Lipinski definition) is 1. The first kappa shape index (κ1) is 14.3. The summed E-state index contributed by atoms with van der Waals surface area (Å²) in [5.74, 6) is 0. The molecule has 4 nitrogen and oxygen atoms in total. The fourth-order valence-electron chi connectivity index (χ4n) is 3.24. The minimum Gasteiger partial charge on any atom is -0.313 e. The van der Waals surface area contributed by atoms with Gasteiger partial charge in [-0.3, -0.25) is 9.67 Å². The van der Waals surface area contributed by atoms with Gasteiger partial charge in [-0.15, -0.1) is 0 Å². The Morgan fingerprint density at radius 1 is 1.33 bits per heavy atom. The first-order valence-corrected chi connectivity index (χ1v) is 7.90. The Kier molecular flexibility index (Phi) is 4.34. The Hall–Kier alpha value is -1.68. The Bertz CT molecular complexity index is 584. The molecule has 2 heterocycles. The van der Waals surface area contributed by atoms with Gasteiger partial charge in [0.05, 0.1) is 11.7 Å². The molecular weight excluding hydrogens is 260 g/mol. The molecule has 0 radical (unpaired) electrons. The van der Waals surface area contributed by atoms with Crippen LogP contribution >= 0.6 is 0 Å². The number of rotatable bonds is 5. The summed E-state index contributed by atoms with van der Waals surface area (Å²) in [6.45, 7) is 2.03. The van der Waals surface area contributed by atoms with E-state index < -0.39 is 0 Å². The van der Waals surface area contributed by atoms with Crippen molar-refractivity contribution in [2.75, 3.05) is 7.05 Å². The molecule has 0 amide bonds. The molecule has 2 aromatic rings. The third-order valence-electron chi connectivity index (χ3n) is 4.45. The number of aryl methyl sites for hydroxylation is 1. The predicted octanol–water partition coefficient (Wildman–Crippen LogP) is 3.20.